The monoisotopic (exact) mass is 366 g/mol. The van der Waals surface area contributed by atoms with Gasteiger partial charge in [-0.2, -0.15) is 0 Å². The van der Waals surface area contributed by atoms with Gasteiger partial charge in [-0.3, -0.25) is 29.4 Å². The van der Waals surface area contributed by atoms with E-state index in [1.165, 1.54) is 0 Å². The number of imide groups is 2. The highest BCUT2D eigenvalue weighted by Gasteiger charge is 2.44. The van der Waals surface area contributed by atoms with Gasteiger partial charge < -0.3 is 0 Å². The molecule has 0 aromatic heterocycles. The molecular formula is C13H13Cl3N2O4. The van der Waals surface area contributed by atoms with E-state index in [0.717, 1.165) is 4.90 Å². The van der Waals surface area contributed by atoms with Crippen molar-refractivity contribution in [2.45, 2.75) is 18.9 Å². The van der Waals surface area contributed by atoms with Crippen molar-refractivity contribution in [3.8, 4) is 0 Å². The number of piperidine rings is 1. The number of carbonyl (C=O) groups is 4. The van der Waals surface area contributed by atoms with Gasteiger partial charge in [0.25, 0.3) is 11.8 Å². The van der Waals surface area contributed by atoms with Gasteiger partial charge >= 0.3 is 0 Å². The van der Waals surface area contributed by atoms with Gasteiger partial charge in [0.05, 0.1) is 11.1 Å². The van der Waals surface area contributed by atoms with Crippen molar-refractivity contribution in [3.05, 3.63) is 35.4 Å². The number of nitrogens with zero attached hydrogens (tertiary/aromatic N) is 1. The van der Waals surface area contributed by atoms with Gasteiger partial charge in [-0.05, 0) is 18.6 Å². The van der Waals surface area contributed by atoms with Gasteiger partial charge in [0, 0.05) is 6.42 Å². The van der Waals surface area contributed by atoms with Crippen LogP contribution in [0, 0.1) is 0 Å². The van der Waals surface area contributed by atoms with Crippen molar-refractivity contribution < 1.29 is 19.2 Å². The zero-order valence-electron chi connectivity index (χ0n) is 11.1. The van der Waals surface area contributed by atoms with Crippen molar-refractivity contribution in [1.29, 1.82) is 0 Å². The molecule has 1 fully saturated rings. The molecule has 2 heterocycles. The van der Waals surface area contributed by atoms with E-state index in [9.17, 15) is 19.2 Å². The molecule has 0 spiro atoms. The first-order chi connectivity index (χ1) is 9.09. The van der Waals surface area contributed by atoms with Crippen LogP contribution in [-0.2, 0) is 9.59 Å². The van der Waals surface area contributed by atoms with Crippen LogP contribution in [0.15, 0.2) is 24.3 Å². The predicted octanol–water partition coefficient (Wildman–Crippen LogP) is 1.35. The summed E-state index contributed by atoms with van der Waals surface area (Å²) in [5, 5.41) is 2.15. The van der Waals surface area contributed by atoms with Gasteiger partial charge in [0.2, 0.25) is 11.8 Å². The maximum absolute atomic E-state index is 12.2. The minimum Gasteiger partial charge on any atom is -0.295 e. The van der Waals surface area contributed by atoms with E-state index in [4.69, 9.17) is 0 Å². The standard InChI is InChI=1S/C13H10N2O4.3ClH/c16-10-6-5-9(11(17)14-10)15-12(18)7-3-1-2-4-8(7)13(15)19;;;/h1-4,9H,5-6H2,(H,14,16,17);3*1H. The fourth-order valence-corrected chi connectivity index (χ4v) is 2.42. The first-order valence-corrected chi connectivity index (χ1v) is 5.90. The summed E-state index contributed by atoms with van der Waals surface area (Å²) in [7, 11) is 0. The van der Waals surface area contributed by atoms with Crippen LogP contribution < -0.4 is 5.32 Å². The molecule has 2 aliphatic heterocycles. The largest absolute Gasteiger partial charge is 0.295 e. The van der Waals surface area contributed by atoms with Gasteiger partial charge in [-0.1, -0.05) is 12.1 Å². The highest BCUT2D eigenvalue weighted by molar-refractivity contribution is 6.23. The summed E-state index contributed by atoms with van der Waals surface area (Å²) in [5.41, 5.74) is 0.606. The summed E-state index contributed by atoms with van der Waals surface area (Å²) in [6, 6.07) is 5.55. The zero-order valence-corrected chi connectivity index (χ0v) is 13.6. The summed E-state index contributed by atoms with van der Waals surface area (Å²) in [4.78, 5) is 48.1. The Bertz CT molecular complexity index is 600. The van der Waals surface area contributed by atoms with Gasteiger partial charge in [0.15, 0.2) is 0 Å². The average Bonchev–Trinajstić information content (AvgIpc) is 2.64. The Kier molecular flexibility index (Phi) is 7.02. The molecule has 120 valence electrons. The lowest BCUT2D eigenvalue weighted by Crippen LogP contribution is -2.54. The van der Waals surface area contributed by atoms with E-state index in [0.29, 0.717) is 11.1 Å². The van der Waals surface area contributed by atoms with Gasteiger partial charge in [-0.25, -0.2) is 0 Å². The van der Waals surface area contributed by atoms with Crippen LogP contribution in [0.1, 0.15) is 33.6 Å². The zero-order chi connectivity index (χ0) is 13.6. The molecule has 1 atom stereocenters. The number of rotatable bonds is 1. The molecule has 0 bridgehead atoms. The number of hydrogen-bond donors (Lipinski definition) is 1. The maximum atomic E-state index is 12.2. The smallest absolute Gasteiger partial charge is 0.262 e. The first-order valence-electron chi connectivity index (χ1n) is 5.90. The Morgan fingerprint density at radius 3 is 1.86 bits per heavy atom. The van der Waals surface area contributed by atoms with Crippen LogP contribution in [0.3, 0.4) is 0 Å². The van der Waals surface area contributed by atoms with Gasteiger partial charge in [0.1, 0.15) is 6.04 Å². The summed E-state index contributed by atoms with van der Waals surface area (Å²) in [6.45, 7) is 0. The van der Waals surface area contributed by atoms with Crippen molar-refractivity contribution in [3.63, 3.8) is 0 Å². The predicted molar refractivity (Wildman–Crippen MR) is 84.9 cm³/mol. The summed E-state index contributed by atoms with van der Waals surface area (Å²) >= 11 is 0. The van der Waals surface area contributed by atoms with Crippen LogP contribution in [0.25, 0.3) is 0 Å². The Balaban J connectivity index is 0.00000147. The molecule has 4 amide bonds. The molecule has 1 N–H and O–H groups in total. The highest BCUT2D eigenvalue weighted by atomic mass is 35.5. The Morgan fingerprint density at radius 2 is 1.41 bits per heavy atom. The third-order valence-corrected chi connectivity index (χ3v) is 3.35. The molecule has 0 saturated carbocycles. The second-order valence-electron chi connectivity index (χ2n) is 4.49. The van der Waals surface area contributed by atoms with Crippen molar-refractivity contribution in [2.75, 3.05) is 0 Å². The molecular weight excluding hydrogens is 355 g/mol. The van der Waals surface area contributed by atoms with E-state index < -0.39 is 23.8 Å². The number of nitrogens with one attached hydrogen (secondary N) is 1. The third-order valence-electron chi connectivity index (χ3n) is 3.35. The van der Waals surface area contributed by atoms with Crippen LogP contribution >= 0.6 is 37.2 Å². The molecule has 1 unspecified atom stereocenters. The molecule has 1 aromatic carbocycles. The van der Waals surface area contributed by atoms with Crippen LogP contribution in [0.5, 0.6) is 0 Å². The third kappa shape index (κ3) is 3.09. The summed E-state index contributed by atoms with van der Waals surface area (Å²) < 4.78 is 0. The first kappa shape index (κ1) is 20.4. The molecule has 9 heteroatoms. The van der Waals surface area contributed by atoms with E-state index in [2.05, 4.69) is 5.32 Å². The molecule has 0 aliphatic carbocycles. The lowest BCUT2D eigenvalue weighted by Gasteiger charge is -2.27. The Hall–Kier alpha value is -1.63. The Labute approximate surface area is 144 Å². The van der Waals surface area contributed by atoms with Crippen LogP contribution in [0.4, 0.5) is 0 Å². The normalized spacial score (nSPS) is 19.5. The average molecular weight is 368 g/mol. The lowest BCUT2D eigenvalue weighted by atomic mass is 10.0. The number of hydrogen-bond acceptors (Lipinski definition) is 4. The lowest BCUT2D eigenvalue weighted by molar-refractivity contribution is -0.136. The van der Waals surface area contributed by atoms with Crippen molar-refractivity contribution >= 4 is 60.8 Å². The molecule has 22 heavy (non-hydrogen) atoms. The second kappa shape index (κ2) is 7.58. The number of halogens is 3. The fraction of sp³-hybridized carbons (Fsp3) is 0.231. The maximum Gasteiger partial charge on any atom is 0.262 e. The quantitative estimate of drug-likeness (QED) is 0.760. The van der Waals surface area contributed by atoms with Crippen molar-refractivity contribution in [2.24, 2.45) is 0 Å². The minimum absolute atomic E-state index is 0. The molecule has 2 aliphatic rings. The summed E-state index contributed by atoms with van der Waals surface area (Å²) in [6.07, 6.45) is 0.306. The molecule has 1 aromatic rings. The highest BCUT2D eigenvalue weighted by Crippen LogP contribution is 2.26. The number of fused-ring (bicyclic) bond motifs is 1. The second-order valence-corrected chi connectivity index (χ2v) is 4.49. The number of carbonyl (C=O) groups excluding carboxylic acids is 4. The van der Waals surface area contributed by atoms with E-state index in [1.807, 2.05) is 0 Å². The molecule has 6 nitrogen and oxygen atoms in total. The van der Waals surface area contributed by atoms with E-state index in [1.54, 1.807) is 24.3 Å². The topological polar surface area (TPSA) is 83.6 Å². The van der Waals surface area contributed by atoms with Crippen LogP contribution in [0.2, 0.25) is 0 Å². The molecule has 3 rings (SSSR count). The van der Waals surface area contributed by atoms with Gasteiger partial charge in [-0.15, -0.1) is 37.2 Å². The fourth-order valence-electron chi connectivity index (χ4n) is 2.42. The van der Waals surface area contributed by atoms with Crippen molar-refractivity contribution in [1.82, 2.24) is 10.2 Å². The molecule has 0 radical (unpaired) electrons. The number of amides is 4. The number of benzene rings is 1. The summed E-state index contributed by atoms with van der Waals surface area (Å²) in [5.74, 6) is -1.92. The SMILES string of the molecule is Cl.Cl.Cl.O=C1CCC(N2C(=O)c3ccccc3C2=O)C(=O)N1. The van der Waals surface area contributed by atoms with E-state index >= 15 is 0 Å². The molecule has 1 saturated heterocycles. The minimum atomic E-state index is -0.898. The van der Waals surface area contributed by atoms with E-state index in [-0.39, 0.29) is 56.0 Å². The Morgan fingerprint density at radius 1 is 0.909 bits per heavy atom. The van der Waals surface area contributed by atoms with Crippen LogP contribution in [-0.4, -0.2) is 34.6 Å².